The molecule has 3 rings (SSSR count). The molecule has 3 aromatic rings. The minimum atomic E-state index is -4.52. The van der Waals surface area contributed by atoms with Crippen LogP contribution in [0.4, 0.5) is 18.0 Å². The summed E-state index contributed by atoms with van der Waals surface area (Å²) < 4.78 is 46.6. The molecule has 0 aliphatic carbocycles. The van der Waals surface area contributed by atoms with E-state index in [1.807, 2.05) is 0 Å². The predicted octanol–water partition coefficient (Wildman–Crippen LogP) is 3.43. The van der Waals surface area contributed by atoms with Gasteiger partial charge in [-0.25, -0.2) is 14.2 Å². The maximum Gasteiger partial charge on any atom is 0.534 e. The summed E-state index contributed by atoms with van der Waals surface area (Å²) in [7, 11) is 1.15. The summed E-state index contributed by atoms with van der Waals surface area (Å²) in [5, 5.41) is 3.47. The van der Waals surface area contributed by atoms with Gasteiger partial charge in [0.1, 0.15) is 11.8 Å². The molecule has 10 heteroatoms. The van der Waals surface area contributed by atoms with E-state index in [2.05, 4.69) is 14.7 Å². The lowest BCUT2D eigenvalue weighted by atomic mass is 10.1. The van der Waals surface area contributed by atoms with E-state index in [1.165, 1.54) is 28.9 Å². The Morgan fingerprint density at radius 2 is 2.03 bits per heavy atom. The largest absolute Gasteiger partial charge is 0.534 e. The number of hydrogen-bond acceptors (Lipinski definition) is 5. The van der Waals surface area contributed by atoms with Crippen LogP contribution in [0.2, 0.25) is 0 Å². The normalized spacial score (nSPS) is 11.7. The monoisotopic (exact) mass is 420 g/mol. The van der Waals surface area contributed by atoms with Crippen molar-refractivity contribution >= 4 is 18.0 Å². The fourth-order valence-electron chi connectivity index (χ4n) is 2.85. The molecule has 0 amide bonds. The molecule has 0 atom stereocenters. The van der Waals surface area contributed by atoms with Gasteiger partial charge in [-0.3, -0.25) is 4.84 Å². The lowest BCUT2D eigenvalue weighted by Gasteiger charge is -2.09. The van der Waals surface area contributed by atoms with E-state index < -0.39 is 23.5 Å². The molecule has 0 saturated heterocycles. The van der Waals surface area contributed by atoms with Gasteiger partial charge in [-0.05, 0) is 23.8 Å². The Morgan fingerprint density at radius 3 is 2.77 bits per heavy atom. The number of ether oxygens (including phenoxy) is 1. The molecule has 1 aromatic carbocycles. The Labute approximate surface area is 168 Å². The van der Waals surface area contributed by atoms with Crippen molar-refractivity contribution in [3.8, 4) is 11.1 Å². The summed E-state index contributed by atoms with van der Waals surface area (Å²) in [6.45, 7) is 0.327. The van der Waals surface area contributed by atoms with Gasteiger partial charge in [-0.1, -0.05) is 23.4 Å². The number of aryl methyl sites for hydroxylation is 1. The van der Waals surface area contributed by atoms with Crippen LogP contribution in [0.5, 0.6) is 0 Å². The van der Waals surface area contributed by atoms with E-state index >= 15 is 0 Å². The molecule has 30 heavy (non-hydrogen) atoms. The van der Waals surface area contributed by atoms with E-state index in [0.717, 1.165) is 19.2 Å². The minimum absolute atomic E-state index is 0.118. The number of hydrogen-bond donors (Lipinski definition) is 0. The van der Waals surface area contributed by atoms with Crippen LogP contribution in [-0.4, -0.2) is 23.9 Å². The summed E-state index contributed by atoms with van der Waals surface area (Å²) in [6.07, 6.45) is -0.760. The average molecular weight is 420 g/mol. The zero-order valence-corrected chi connectivity index (χ0v) is 15.8. The van der Waals surface area contributed by atoms with Gasteiger partial charge in [0, 0.05) is 18.7 Å². The molecule has 0 spiro atoms. The number of fused-ring (bicyclic) bond motifs is 1. The smallest absolute Gasteiger partial charge is 0.436 e. The number of methoxy groups -OCH3 is 1. The van der Waals surface area contributed by atoms with E-state index in [9.17, 15) is 22.8 Å². The van der Waals surface area contributed by atoms with Crippen LogP contribution in [-0.2, 0) is 22.3 Å². The Balaban J connectivity index is 2.00. The zero-order chi connectivity index (χ0) is 21.7. The molecule has 0 fully saturated rings. The first-order valence-electron chi connectivity index (χ1n) is 8.79. The van der Waals surface area contributed by atoms with E-state index in [0.29, 0.717) is 18.6 Å². The van der Waals surface area contributed by atoms with Crippen molar-refractivity contribution in [3.63, 3.8) is 0 Å². The Kier molecular flexibility index (Phi) is 6.14. The molecule has 2 aromatic heterocycles. The number of rotatable bonds is 5. The zero-order valence-electron chi connectivity index (χ0n) is 15.8. The summed E-state index contributed by atoms with van der Waals surface area (Å²) in [5.41, 5.74) is -0.461. The molecule has 7 nitrogen and oxygen atoms in total. The van der Waals surface area contributed by atoms with E-state index in [1.54, 1.807) is 29.0 Å². The quantitative estimate of drug-likeness (QED) is 0.208. The lowest BCUT2D eigenvalue weighted by Crippen LogP contribution is -2.40. The molecule has 0 saturated carbocycles. The number of carbonyl (C=O) groups excluding carboxylic acids is 1. The Morgan fingerprint density at radius 1 is 1.23 bits per heavy atom. The number of benzene rings is 1. The summed E-state index contributed by atoms with van der Waals surface area (Å²) in [4.78, 5) is 28.2. The predicted molar refractivity (Wildman–Crippen MR) is 101 cm³/mol. The number of halogens is 3. The van der Waals surface area contributed by atoms with E-state index in [4.69, 9.17) is 0 Å². The molecule has 0 aliphatic rings. The number of carbonyl (C=O) groups is 1. The van der Waals surface area contributed by atoms with Crippen molar-refractivity contribution in [2.45, 2.75) is 19.1 Å². The first-order valence-corrected chi connectivity index (χ1v) is 8.79. The third-order valence-corrected chi connectivity index (χ3v) is 4.24. The van der Waals surface area contributed by atoms with Gasteiger partial charge in [0.25, 0.3) is 5.65 Å². The van der Waals surface area contributed by atoms with Gasteiger partial charge < -0.3 is 4.74 Å². The van der Waals surface area contributed by atoms with Crippen LogP contribution in [0.25, 0.3) is 16.8 Å². The van der Waals surface area contributed by atoms with Crippen LogP contribution in [0.15, 0.2) is 64.8 Å². The second-order valence-electron chi connectivity index (χ2n) is 6.17. The third-order valence-electron chi connectivity index (χ3n) is 4.24. The second kappa shape index (κ2) is 8.76. The maximum atomic E-state index is 13.1. The highest BCUT2D eigenvalue weighted by atomic mass is 19.4. The molecule has 2 heterocycles. The first-order chi connectivity index (χ1) is 14.3. The van der Waals surface area contributed by atoms with Gasteiger partial charge in [0.15, 0.2) is 0 Å². The van der Waals surface area contributed by atoms with Crippen molar-refractivity contribution in [1.29, 1.82) is 0 Å². The molecule has 0 unspecified atom stereocenters. The Hall–Kier alpha value is -3.69. The molecule has 0 radical (unpaired) electrons. The summed E-state index contributed by atoms with van der Waals surface area (Å²) in [6, 6.07) is 9.72. The minimum Gasteiger partial charge on any atom is -0.436 e. The van der Waals surface area contributed by atoms with Crippen LogP contribution >= 0.6 is 0 Å². The number of oxime groups is 1. The number of aromatic nitrogens is 2. The van der Waals surface area contributed by atoms with Crippen LogP contribution in [0.1, 0.15) is 12.0 Å². The highest BCUT2D eigenvalue weighted by Gasteiger charge is 2.31. The van der Waals surface area contributed by atoms with Gasteiger partial charge in [-0.15, -0.1) is 0 Å². The van der Waals surface area contributed by atoms with Crippen molar-refractivity contribution in [2.75, 3.05) is 7.11 Å². The van der Waals surface area contributed by atoms with Gasteiger partial charge in [0.05, 0.1) is 25.4 Å². The second-order valence-corrected chi connectivity index (χ2v) is 6.17. The standard InChI is InChI=1S/C20H17F3N3O4/c1-29-19(28)30-24-9-5-10-25-13-16(18(27)26-11-3-2-8-17(25)26)14-6-4-7-15(12-14)20(21,22)23/h2-4,6-9,11-13H,5,10H2,1H3/q+1/b24-9+. The van der Waals surface area contributed by atoms with Gasteiger partial charge in [-0.2, -0.15) is 17.6 Å². The highest BCUT2D eigenvalue weighted by Crippen LogP contribution is 2.31. The first kappa shape index (κ1) is 21.0. The van der Waals surface area contributed by atoms with Crippen LogP contribution < -0.4 is 10.1 Å². The highest BCUT2D eigenvalue weighted by molar-refractivity contribution is 5.63. The fourth-order valence-corrected chi connectivity index (χ4v) is 2.85. The molecular formula is C20H17F3N3O4+. The summed E-state index contributed by atoms with van der Waals surface area (Å²) in [5.74, 6) is 0. The molecule has 0 bridgehead atoms. The fraction of sp³-hybridized carbons (Fsp3) is 0.200. The number of pyridine rings is 1. The van der Waals surface area contributed by atoms with Crippen LogP contribution in [0.3, 0.4) is 0 Å². The number of alkyl halides is 3. The van der Waals surface area contributed by atoms with Crippen molar-refractivity contribution < 1.29 is 32.1 Å². The molecular weight excluding hydrogens is 403 g/mol. The van der Waals surface area contributed by atoms with Gasteiger partial charge >= 0.3 is 17.9 Å². The molecule has 0 aliphatic heterocycles. The van der Waals surface area contributed by atoms with Crippen LogP contribution in [0, 0.1) is 0 Å². The third kappa shape index (κ3) is 4.65. The average Bonchev–Trinajstić information content (AvgIpc) is 2.74. The summed E-state index contributed by atoms with van der Waals surface area (Å²) >= 11 is 0. The van der Waals surface area contributed by atoms with Gasteiger partial charge in [0.2, 0.25) is 0 Å². The molecule has 0 N–H and O–H groups in total. The number of nitrogens with zero attached hydrogens (tertiary/aromatic N) is 3. The van der Waals surface area contributed by atoms with Crippen molar-refractivity contribution in [1.82, 2.24) is 4.40 Å². The van der Waals surface area contributed by atoms with Crippen molar-refractivity contribution in [3.05, 3.63) is 70.8 Å². The maximum absolute atomic E-state index is 13.1. The molecule has 156 valence electrons. The topological polar surface area (TPSA) is 73.2 Å². The lowest BCUT2D eigenvalue weighted by molar-refractivity contribution is -0.672. The Bertz CT molecular complexity index is 1160. The van der Waals surface area contributed by atoms with E-state index in [-0.39, 0.29) is 11.1 Å². The SMILES string of the molecule is COC(=O)O/N=C/CC[n+]1cc(-c2cccc(C(F)(F)F)c2)c(=O)n2ccccc21. The van der Waals surface area contributed by atoms with Crippen molar-refractivity contribution in [2.24, 2.45) is 5.16 Å².